The lowest BCUT2D eigenvalue weighted by Crippen LogP contribution is -2.06. The van der Waals surface area contributed by atoms with E-state index in [2.05, 4.69) is 13.8 Å². The van der Waals surface area contributed by atoms with E-state index in [0.717, 1.165) is 12.0 Å². The van der Waals surface area contributed by atoms with Crippen molar-refractivity contribution in [2.24, 2.45) is 5.92 Å². The van der Waals surface area contributed by atoms with E-state index in [1.54, 1.807) is 6.07 Å². The van der Waals surface area contributed by atoms with Gasteiger partial charge in [-0.1, -0.05) is 13.8 Å². The zero-order valence-electron chi connectivity index (χ0n) is 7.79. The summed E-state index contributed by atoms with van der Waals surface area (Å²) in [5.74, 6) is 1.32. The van der Waals surface area contributed by atoms with Crippen molar-refractivity contribution in [3.05, 3.63) is 23.1 Å². The van der Waals surface area contributed by atoms with Crippen LogP contribution in [0.15, 0.2) is 16.5 Å². The highest BCUT2D eigenvalue weighted by Crippen LogP contribution is 2.29. The summed E-state index contributed by atoms with van der Waals surface area (Å²) >= 11 is 5.65. The van der Waals surface area contributed by atoms with Gasteiger partial charge in [0.05, 0.1) is 0 Å². The van der Waals surface area contributed by atoms with E-state index in [9.17, 15) is 4.79 Å². The van der Waals surface area contributed by atoms with Gasteiger partial charge in [0.25, 0.3) is 0 Å². The molecule has 0 aliphatic carbocycles. The molecule has 0 amide bonds. The molecule has 1 unspecified atom stereocenters. The van der Waals surface area contributed by atoms with E-state index in [1.165, 1.54) is 0 Å². The largest absolute Gasteiger partial charge is 0.449 e. The van der Waals surface area contributed by atoms with E-state index in [-0.39, 0.29) is 5.92 Å². The Kier molecular flexibility index (Phi) is 3.55. The lowest BCUT2D eigenvalue weighted by atomic mass is 9.91. The second-order valence-electron chi connectivity index (χ2n) is 3.39. The van der Waals surface area contributed by atoms with E-state index in [1.807, 2.05) is 6.07 Å². The van der Waals surface area contributed by atoms with Gasteiger partial charge in [-0.05, 0) is 29.7 Å². The molecular weight excluding hydrogens is 188 g/mol. The second kappa shape index (κ2) is 4.47. The maximum Gasteiger partial charge on any atom is 0.193 e. The van der Waals surface area contributed by atoms with Gasteiger partial charge in [-0.25, -0.2) is 0 Å². The zero-order valence-corrected chi connectivity index (χ0v) is 8.54. The Bertz CT molecular complexity index is 278. The average Bonchev–Trinajstić information content (AvgIpc) is 2.46. The van der Waals surface area contributed by atoms with Gasteiger partial charge in [0.1, 0.15) is 12.0 Å². The third kappa shape index (κ3) is 2.59. The van der Waals surface area contributed by atoms with Crippen molar-refractivity contribution in [1.82, 2.24) is 0 Å². The molecule has 1 heterocycles. The summed E-state index contributed by atoms with van der Waals surface area (Å²) in [5.41, 5.74) is 0. The summed E-state index contributed by atoms with van der Waals surface area (Å²) in [6.45, 7) is 4.12. The SMILES string of the molecule is CC(C)C(CC=O)c1ccc(Cl)o1. The number of hydrogen-bond donors (Lipinski definition) is 0. The molecule has 3 heteroatoms. The molecule has 0 saturated heterocycles. The van der Waals surface area contributed by atoms with Crippen LogP contribution in [0, 0.1) is 5.92 Å². The smallest absolute Gasteiger partial charge is 0.193 e. The number of furan rings is 1. The molecule has 0 aliphatic rings. The third-order valence-electron chi connectivity index (χ3n) is 2.11. The van der Waals surface area contributed by atoms with Gasteiger partial charge in [-0.2, -0.15) is 0 Å². The van der Waals surface area contributed by atoms with Crippen LogP contribution in [0.3, 0.4) is 0 Å². The van der Waals surface area contributed by atoms with E-state index < -0.39 is 0 Å². The quantitative estimate of drug-likeness (QED) is 0.699. The van der Waals surface area contributed by atoms with Gasteiger partial charge in [0.15, 0.2) is 5.22 Å². The van der Waals surface area contributed by atoms with E-state index in [4.69, 9.17) is 16.0 Å². The molecule has 1 atom stereocenters. The lowest BCUT2D eigenvalue weighted by Gasteiger charge is -2.14. The highest BCUT2D eigenvalue weighted by Gasteiger charge is 2.18. The van der Waals surface area contributed by atoms with Crippen LogP contribution in [-0.2, 0) is 4.79 Å². The third-order valence-corrected chi connectivity index (χ3v) is 2.32. The average molecular weight is 201 g/mol. The first kappa shape index (κ1) is 10.3. The normalized spacial score (nSPS) is 13.2. The molecule has 0 N–H and O–H groups in total. The van der Waals surface area contributed by atoms with Gasteiger partial charge >= 0.3 is 0 Å². The van der Waals surface area contributed by atoms with Gasteiger partial charge in [-0.15, -0.1) is 0 Å². The Balaban J connectivity index is 2.81. The predicted molar refractivity (Wildman–Crippen MR) is 52.0 cm³/mol. The highest BCUT2D eigenvalue weighted by atomic mass is 35.5. The molecule has 0 bridgehead atoms. The lowest BCUT2D eigenvalue weighted by molar-refractivity contribution is -0.108. The van der Waals surface area contributed by atoms with Crippen LogP contribution in [0.2, 0.25) is 5.22 Å². The summed E-state index contributed by atoms with van der Waals surface area (Å²) in [7, 11) is 0. The zero-order chi connectivity index (χ0) is 9.84. The number of carbonyl (C=O) groups is 1. The summed E-state index contributed by atoms with van der Waals surface area (Å²) < 4.78 is 5.27. The fraction of sp³-hybridized carbons (Fsp3) is 0.500. The summed E-state index contributed by atoms with van der Waals surface area (Å²) in [6.07, 6.45) is 1.41. The highest BCUT2D eigenvalue weighted by molar-refractivity contribution is 6.28. The van der Waals surface area contributed by atoms with Crippen molar-refractivity contribution in [2.75, 3.05) is 0 Å². The molecule has 1 aromatic rings. The maximum atomic E-state index is 10.4. The standard InChI is InChI=1S/C10H13ClO2/c1-7(2)8(5-6-12)9-3-4-10(11)13-9/h3-4,6-8H,5H2,1-2H3. The first-order chi connectivity index (χ1) is 6.15. The van der Waals surface area contributed by atoms with Gasteiger partial charge in [0.2, 0.25) is 0 Å². The summed E-state index contributed by atoms with van der Waals surface area (Å²) in [6, 6.07) is 3.54. The predicted octanol–water partition coefficient (Wildman–Crippen LogP) is 3.26. The van der Waals surface area contributed by atoms with Crippen LogP contribution in [0.4, 0.5) is 0 Å². The van der Waals surface area contributed by atoms with Crippen molar-refractivity contribution >= 4 is 17.9 Å². The van der Waals surface area contributed by atoms with E-state index in [0.29, 0.717) is 17.6 Å². The molecule has 13 heavy (non-hydrogen) atoms. The van der Waals surface area contributed by atoms with E-state index >= 15 is 0 Å². The van der Waals surface area contributed by atoms with Gasteiger partial charge < -0.3 is 9.21 Å². The number of rotatable bonds is 4. The summed E-state index contributed by atoms with van der Waals surface area (Å²) in [5, 5.41) is 0.381. The van der Waals surface area contributed by atoms with Crippen LogP contribution >= 0.6 is 11.6 Å². The monoisotopic (exact) mass is 200 g/mol. The van der Waals surface area contributed by atoms with Crippen LogP contribution in [0.1, 0.15) is 31.9 Å². The van der Waals surface area contributed by atoms with Gasteiger partial charge in [0, 0.05) is 12.3 Å². The molecule has 0 fully saturated rings. The first-order valence-electron chi connectivity index (χ1n) is 4.34. The second-order valence-corrected chi connectivity index (χ2v) is 3.77. The molecule has 2 nitrogen and oxygen atoms in total. The van der Waals surface area contributed by atoms with Crippen molar-refractivity contribution in [1.29, 1.82) is 0 Å². The molecule has 0 aliphatic heterocycles. The fourth-order valence-electron chi connectivity index (χ4n) is 1.35. The maximum absolute atomic E-state index is 10.4. The Morgan fingerprint density at radius 2 is 2.23 bits per heavy atom. The molecule has 1 aromatic heterocycles. The number of aldehydes is 1. The number of carbonyl (C=O) groups excluding carboxylic acids is 1. The molecule has 72 valence electrons. The molecule has 0 spiro atoms. The fourth-order valence-corrected chi connectivity index (χ4v) is 1.50. The first-order valence-corrected chi connectivity index (χ1v) is 4.71. The molecule has 1 rings (SSSR count). The minimum atomic E-state index is 0.144. The van der Waals surface area contributed by atoms with Crippen LogP contribution in [-0.4, -0.2) is 6.29 Å². The van der Waals surface area contributed by atoms with Crippen LogP contribution in [0.25, 0.3) is 0 Å². The summed E-state index contributed by atoms with van der Waals surface area (Å²) in [4.78, 5) is 10.4. The number of hydrogen-bond acceptors (Lipinski definition) is 2. The number of halogens is 1. The topological polar surface area (TPSA) is 30.2 Å². The Hall–Kier alpha value is -0.760. The Morgan fingerprint density at radius 1 is 1.54 bits per heavy atom. The van der Waals surface area contributed by atoms with Crippen molar-refractivity contribution in [3.8, 4) is 0 Å². The Labute approximate surface area is 82.9 Å². The molecule has 0 radical (unpaired) electrons. The minimum Gasteiger partial charge on any atom is -0.449 e. The van der Waals surface area contributed by atoms with Crippen LogP contribution < -0.4 is 0 Å². The molecule has 0 saturated carbocycles. The van der Waals surface area contributed by atoms with Crippen molar-refractivity contribution in [2.45, 2.75) is 26.2 Å². The molecule has 0 aromatic carbocycles. The minimum absolute atomic E-state index is 0.144. The van der Waals surface area contributed by atoms with Crippen molar-refractivity contribution in [3.63, 3.8) is 0 Å². The van der Waals surface area contributed by atoms with Gasteiger partial charge in [-0.3, -0.25) is 0 Å². The Morgan fingerprint density at radius 3 is 2.62 bits per heavy atom. The molecular formula is C10H13ClO2. The van der Waals surface area contributed by atoms with Crippen molar-refractivity contribution < 1.29 is 9.21 Å². The van der Waals surface area contributed by atoms with Crippen LogP contribution in [0.5, 0.6) is 0 Å².